The first-order chi connectivity index (χ1) is 3.68. The Morgan fingerprint density at radius 1 is 1.88 bits per heavy atom. The molecule has 0 aliphatic carbocycles. The van der Waals surface area contributed by atoms with Crippen LogP contribution >= 0.6 is 0 Å². The van der Waals surface area contributed by atoms with Gasteiger partial charge in [-0.25, -0.2) is 0 Å². The smallest absolute Gasteiger partial charge is 0.0540 e. The zero-order valence-electron chi connectivity index (χ0n) is 5.01. The molecule has 0 fully saturated rings. The average molecular weight is 117 g/mol. The maximum absolute atomic E-state index is 9.90. The minimum Gasteiger partial charge on any atom is -0.550 e. The lowest BCUT2D eigenvalue weighted by Gasteiger charge is -2.09. The van der Waals surface area contributed by atoms with E-state index in [1.165, 1.54) is 7.11 Å². The molecule has 0 aromatic heterocycles. The largest absolute Gasteiger partial charge is 0.550 e. The molecule has 3 heteroatoms. The van der Waals surface area contributed by atoms with Crippen LogP contribution in [0.2, 0.25) is 0 Å². The molecule has 3 nitrogen and oxygen atoms in total. The van der Waals surface area contributed by atoms with Gasteiger partial charge in [0.2, 0.25) is 0 Å². The fourth-order valence-corrected chi connectivity index (χ4v) is 0.318. The SMILES string of the molecule is COCC(C)C(=O)[O-]. The molecule has 1 unspecified atom stereocenters. The van der Waals surface area contributed by atoms with Gasteiger partial charge in [-0.1, -0.05) is 6.92 Å². The molecule has 0 aliphatic heterocycles. The molecular weight excluding hydrogens is 108 g/mol. The van der Waals surface area contributed by atoms with Crippen molar-refractivity contribution in [1.82, 2.24) is 0 Å². The average Bonchev–Trinajstić information content (AvgIpc) is 1.67. The molecule has 0 spiro atoms. The maximum Gasteiger partial charge on any atom is 0.0540 e. The van der Waals surface area contributed by atoms with Crippen molar-refractivity contribution in [2.45, 2.75) is 6.92 Å². The van der Waals surface area contributed by atoms with Crippen molar-refractivity contribution in [3.63, 3.8) is 0 Å². The Labute approximate surface area is 48.3 Å². The van der Waals surface area contributed by atoms with Crippen molar-refractivity contribution < 1.29 is 14.6 Å². The molecule has 0 amide bonds. The Hall–Kier alpha value is -0.570. The summed E-state index contributed by atoms with van der Waals surface area (Å²) in [6.45, 7) is 1.77. The molecule has 0 bridgehead atoms. The molecule has 0 aromatic rings. The summed E-state index contributed by atoms with van der Waals surface area (Å²) >= 11 is 0. The second-order valence-electron chi connectivity index (χ2n) is 1.68. The van der Waals surface area contributed by atoms with E-state index >= 15 is 0 Å². The number of methoxy groups -OCH3 is 1. The van der Waals surface area contributed by atoms with Crippen molar-refractivity contribution in [3.05, 3.63) is 0 Å². The van der Waals surface area contributed by atoms with Gasteiger partial charge >= 0.3 is 0 Å². The number of hydrogen-bond acceptors (Lipinski definition) is 3. The van der Waals surface area contributed by atoms with E-state index in [0.717, 1.165) is 0 Å². The minimum atomic E-state index is -1.06. The number of aliphatic carboxylic acids is 1. The fourth-order valence-electron chi connectivity index (χ4n) is 0.318. The highest BCUT2D eigenvalue weighted by Crippen LogP contribution is 1.90. The van der Waals surface area contributed by atoms with E-state index in [-0.39, 0.29) is 6.61 Å². The van der Waals surface area contributed by atoms with Crippen molar-refractivity contribution in [2.24, 2.45) is 5.92 Å². The van der Waals surface area contributed by atoms with Crippen LogP contribution in [0.5, 0.6) is 0 Å². The summed E-state index contributed by atoms with van der Waals surface area (Å²) in [7, 11) is 1.46. The van der Waals surface area contributed by atoms with Crippen LogP contribution in [-0.4, -0.2) is 19.7 Å². The van der Waals surface area contributed by atoms with E-state index in [0.29, 0.717) is 0 Å². The van der Waals surface area contributed by atoms with Crippen LogP contribution < -0.4 is 5.11 Å². The molecule has 8 heavy (non-hydrogen) atoms. The Balaban J connectivity index is 3.32. The van der Waals surface area contributed by atoms with Gasteiger partial charge in [0.15, 0.2) is 0 Å². The number of carbonyl (C=O) groups is 1. The van der Waals surface area contributed by atoms with Gasteiger partial charge in [0.1, 0.15) is 0 Å². The van der Waals surface area contributed by atoms with E-state index in [1.807, 2.05) is 0 Å². The molecule has 0 radical (unpaired) electrons. The lowest BCUT2D eigenvalue weighted by atomic mass is 10.2. The van der Waals surface area contributed by atoms with Crippen LogP contribution in [0, 0.1) is 5.92 Å². The minimum absolute atomic E-state index is 0.225. The van der Waals surface area contributed by atoms with Gasteiger partial charge in [0.25, 0.3) is 0 Å². The van der Waals surface area contributed by atoms with Crippen molar-refractivity contribution >= 4 is 5.97 Å². The van der Waals surface area contributed by atoms with E-state index in [4.69, 9.17) is 0 Å². The highest BCUT2D eigenvalue weighted by Gasteiger charge is 1.98. The maximum atomic E-state index is 9.90. The lowest BCUT2D eigenvalue weighted by molar-refractivity contribution is -0.311. The van der Waals surface area contributed by atoms with Crippen molar-refractivity contribution in [1.29, 1.82) is 0 Å². The first-order valence-electron chi connectivity index (χ1n) is 2.38. The zero-order valence-corrected chi connectivity index (χ0v) is 5.01. The summed E-state index contributed by atoms with van der Waals surface area (Å²) in [6, 6.07) is 0. The Morgan fingerprint density at radius 2 is 2.38 bits per heavy atom. The summed E-state index contributed by atoms with van der Waals surface area (Å²) in [5.41, 5.74) is 0. The molecular formula is C5H9O3-. The molecule has 0 aromatic carbocycles. The number of rotatable bonds is 3. The summed E-state index contributed by atoms with van der Waals surface area (Å²) < 4.78 is 4.54. The quantitative estimate of drug-likeness (QED) is 0.477. The monoisotopic (exact) mass is 117 g/mol. The van der Waals surface area contributed by atoms with Crippen LogP contribution in [0.4, 0.5) is 0 Å². The van der Waals surface area contributed by atoms with Crippen LogP contribution in [0.15, 0.2) is 0 Å². The number of carbonyl (C=O) groups excluding carboxylic acids is 1. The van der Waals surface area contributed by atoms with Gasteiger partial charge in [0.05, 0.1) is 6.61 Å². The van der Waals surface area contributed by atoms with Gasteiger partial charge in [-0.15, -0.1) is 0 Å². The third-order valence-corrected chi connectivity index (χ3v) is 0.819. The molecule has 0 aliphatic rings. The topological polar surface area (TPSA) is 49.4 Å². The third-order valence-electron chi connectivity index (χ3n) is 0.819. The van der Waals surface area contributed by atoms with E-state index in [2.05, 4.69) is 4.74 Å². The summed E-state index contributed by atoms with van der Waals surface area (Å²) in [6.07, 6.45) is 0. The normalized spacial score (nSPS) is 13.2. The number of carboxylic acid groups (broad SMARTS) is 1. The summed E-state index contributed by atoms with van der Waals surface area (Å²) in [4.78, 5) is 9.90. The van der Waals surface area contributed by atoms with Gasteiger partial charge in [-0.2, -0.15) is 0 Å². The van der Waals surface area contributed by atoms with Gasteiger partial charge in [-0.05, 0) is 0 Å². The molecule has 48 valence electrons. The predicted molar refractivity (Wildman–Crippen MR) is 26.0 cm³/mol. The van der Waals surface area contributed by atoms with Crippen LogP contribution in [0.3, 0.4) is 0 Å². The zero-order chi connectivity index (χ0) is 6.57. The van der Waals surface area contributed by atoms with E-state index in [1.54, 1.807) is 6.92 Å². The first-order valence-corrected chi connectivity index (χ1v) is 2.38. The number of ether oxygens (including phenoxy) is 1. The molecule has 0 saturated carbocycles. The summed E-state index contributed by atoms with van der Waals surface area (Å²) in [5, 5.41) is 9.90. The van der Waals surface area contributed by atoms with Crippen molar-refractivity contribution in [2.75, 3.05) is 13.7 Å². The van der Waals surface area contributed by atoms with Crippen LogP contribution in [0.25, 0.3) is 0 Å². The lowest BCUT2D eigenvalue weighted by Crippen LogP contribution is -2.31. The number of hydrogen-bond donors (Lipinski definition) is 0. The molecule has 0 heterocycles. The Bertz CT molecular complexity index is 79.7. The van der Waals surface area contributed by atoms with Gasteiger partial charge < -0.3 is 14.6 Å². The Kier molecular flexibility index (Phi) is 3.19. The van der Waals surface area contributed by atoms with Gasteiger partial charge in [0, 0.05) is 19.0 Å². The molecule has 0 N–H and O–H groups in total. The second kappa shape index (κ2) is 3.43. The molecule has 1 atom stereocenters. The van der Waals surface area contributed by atoms with Gasteiger partial charge in [-0.3, -0.25) is 0 Å². The van der Waals surface area contributed by atoms with Crippen LogP contribution in [0.1, 0.15) is 6.92 Å². The van der Waals surface area contributed by atoms with Crippen LogP contribution in [-0.2, 0) is 9.53 Å². The van der Waals surface area contributed by atoms with Crippen molar-refractivity contribution in [3.8, 4) is 0 Å². The fraction of sp³-hybridized carbons (Fsp3) is 0.800. The highest BCUT2D eigenvalue weighted by atomic mass is 16.5. The predicted octanol–water partition coefficient (Wildman–Crippen LogP) is -0.981. The first kappa shape index (κ1) is 7.43. The third kappa shape index (κ3) is 2.58. The number of carboxylic acids is 1. The standard InChI is InChI=1S/C5H10O3/c1-4(3-8-2)5(6)7/h4H,3H2,1-2H3,(H,6,7)/p-1. The highest BCUT2D eigenvalue weighted by molar-refractivity contribution is 5.67. The second-order valence-corrected chi connectivity index (χ2v) is 1.68. The molecule has 0 rings (SSSR count). The molecule has 0 saturated heterocycles. The van der Waals surface area contributed by atoms with E-state index < -0.39 is 11.9 Å². The Morgan fingerprint density at radius 3 is 2.50 bits per heavy atom. The summed E-state index contributed by atoms with van der Waals surface area (Å²) in [5.74, 6) is -1.56. The van der Waals surface area contributed by atoms with E-state index in [9.17, 15) is 9.90 Å².